The minimum atomic E-state index is -0.587. The first kappa shape index (κ1) is 13.8. The molecule has 1 unspecified atom stereocenters. The summed E-state index contributed by atoms with van der Waals surface area (Å²) in [5.74, 6) is -1.19. The van der Waals surface area contributed by atoms with Crippen molar-refractivity contribution in [1.29, 1.82) is 0 Å². The fourth-order valence-electron chi connectivity index (χ4n) is 1.22. The lowest BCUT2D eigenvalue weighted by Gasteiger charge is -2.14. The van der Waals surface area contributed by atoms with Gasteiger partial charge in [-0.1, -0.05) is 13.8 Å². The molecule has 0 bridgehead atoms. The summed E-state index contributed by atoms with van der Waals surface area (Å²) in [5.41, 5.74) is 0.0408. The maximum Gasteiger partial charge on any atom is 0.255 e. The molecule has 0 saturated carbocycles. The number of amides is 1. The molecule has 17 heavy (non-hydrogen) atoms. The minimum absolute atomic E-state index is 0.0408. The van der Waals surface area contributed by atoms with Gasteiger partial charge in [-0.2, -0.15) is 0 Å². The second-order valence-electron chi connectivity index (χ2n) is 4.13. The van der Waals surface area contributed by atoms with E-state index in [1.54, 1.807) is 0 Å². The normalized spacial score (nSPS) is 12.5. The van der Waals surface area contributed by atoms with Crippen LogP contribution in [0.2, 0.25) is 0 Å². The highest BCUT2D eigenvalue weighted by molar-refractivity contribution is 6.21. The number of carbonyl (C=O) groups excluding carboxylic acids is 1. The van der Waals surface area contributed by atoms with Gasteiger partial charge in [0, 0.05) is 12.6 Å². The molecule has 0 heterocycles. The zero-order chi connectivity index (χ0) is 13.0. The molecule has 0 fully saturated rings. The predicted molar refractivity (Wildman–Crippen MR) is 64.9 cm³/mol. The molecule has 3 nitrogen and oxygen atoms in total. The van der Waals surface area contributed by atoms with Gasteiger partial charge in [-0.3, -0.25) is 4.79 Å². The van der Waals surface area contributed by atoms with Crippen LogP contribution >= 0.6 is 11.6 Å². The molecule has 1 atom stereocenters. The van der Waals surface area contributed by atoms with Gasteiger partial charge in [-0.05, 0) is 18.1 Å². The smallest absolute Gasteiger partial charge is 0.255 e. The van der Waals surface area contributed by atoms with Crippen LogP contribution in [0.5, 0.6) is 5.75 Å². The molecule has 0 radical (unpaired) electrons. The third-order valence-corrected chi connectivity index (χ3v) is 3.04. The SMILES string of the molecule is CC(C)C(Cl)CNC(=O)c1ccc(F)cc1O. The fourth-order valence-corrected chi connectivity index (χ4v) is 1.30. The van der Waals surface area contributed by atoms with Crippen LogP contribution < -0.4 is 5.32 Å². The molecule has 1 aromatic rings. The highest BCUT2D eigenvalue weighted by Gasteiger charge is 2.14. The van der Waals surface area contributed by atoms with E-state index < -0.39 is 11.7 Å². The average molecular weight is 260 g/mol. The molecule has 0 saturated heterocycles. The number of rotatable bonds is 4. The van der Waals surface area contributed by atoms with Gasteiger partial charge in [0.15, 0.2) is 0 Å². The Morgan fingerprint density at radius 2 is 2.18 bits per heavy atom. The number of hydrogen-bond acceptors (Lipinski definition) is 2. The van der Waals surface area contributed by atoms with Crippen LogP contribution in [0.4, 0.5) is 4.39 Å². The maximum absolute atomic E-state index is 12.7. The van der Waals surface area contributed by atoms with Crippen molar-refractivity contribution in [2.45, 2.75) is 19.2 Å². The van der Waals surface area contributed by atoms with E-state index in [0.29, 0.717) is 6.54 Å². The van der Waals surface area contributed by atoms with E-state index in [2.05, 4.69) is 5.32 Å². The Kier molecular flexibility index (Phi) is 4.75. The predicted octanol–water partition coefficient (Wildman–Crippen LogP) is 2.52. The quantitative estimate of drug-likeness (QED) is 0.817. The largest absolute Gasteiger partial charge is 0.507 e. The second-order valence-corrected chi connectivity index (χ2v) is 4.69. The van der Waals surface area contributed by atoms with E-state index in [0.717, 1.165) is 12.1 Å². The number of halogens is 2. The zero-order valence-corrected chi connectivity index (χ0v) is 10.5. The topological polar surface area (TPSA) is 49.3 Å². The molecule has 0 aliphatic heterocycles. The third kappa shape index (κ3) is 3.89. The molecule has 94 valence electrons. The van der Waals surface area contributed by atoms with E-state index in [4.69, 9.17) is 11.6 Å². The van der Waals surface area contributed by atoms with Gasteiger partial charge in [0.2, 0.25) is 0 Å². The molecule has 0 aliphatic carbocycles. The van der Waals surface area contributed by atoms with E-state index in [9.17, 15) is 14.3 Å². The van der Waals surface area contributed by atoms with Crippen LogP contribution in [0, 0.1) is 11.7 Å². The Morgan fingerprint density at radius 3 is 2.71 bits per heavy atom. The van der Waals surface area contributed by atoms with Crippen molar-refractivity contribution in [2.24, 2.45) is 5.92 Å². The van der Waals surface area contributed by atoms with Crippen LogP contribution in [0.25, 0.3) is 0 Å². The fraction of sp³-hybridized carbons (Fsp3) is 0.417. The number of nitrogens with one attached hydrogen (secondary N) is 1. The van der Waals surface area contributed by atoms with Gasteiger partial charge < -0.3 is 10.4 Å². The molecule has 0 spiro atoms. The summed E-state index contributed by atoms with van der Waals surface area (Å²) in [7, 11) is 0. The van der Waals surface area contributed by atoms with Gasteiger partial charge in [0.05, 0.1) is 10.9 Å². The molecule has 1 rings (SSSR count). The number of hydrogen-bond donors (Lipinski definition) is 2. The first-order chi connectivity index (χ1) is 7.91. The number of phenols is 1. The zero-order valence-electron chi connectivity index (χ0n) is 9.71. The summed E-state index contributed by atoms with van der Waals surface area (Å²) in [5, 5.41) is 11.8. The lowest BCUT2D eigenvalue weighted by atomic mass is 10.1. The van der Waals surface area contributed by atoms with E-state index in [-0.39, 0.29) is 22.6 Å². The van der Waals surface area contributed by atoms with Crippen molar-refractivity contribution in [3.63, 3.8) is 0 Å². The Hall–Kier alpha value is -1.29. The van der Waals surface area contributed by atoms with Crippen LogP contribution in [0.1, 0.15) is 24.2 Å². The lowest BCUT2D eigenvalue weighted by Crippen LogP contribution is -2.32. The van der Waals surface area contributed by atoms with Crippen LogP contribution in [-0.2, 0) is 0 Å². The first-order valence-corrected chi connectivity index (χ1v) is 5.76. The molecular formula is C12H15ClFNO2. The highest BCUT2D eigenvalue weighted by atomic mass is 35.5. The first-order valence-electron chi connectivity index (χ1n) is 5.32. The summed E-state index contributed by atoms with van der Waals surface area (Å²) < 4.78 is 12.7. The molecule has 1 aromatic carbocycles. The van der Waals surface area contributed by atoms with Crippen molar-refractivity contribution >= 4 is 17.5 Å². The molecule has 1 amide bonds. The van der Waals surface area contributed by atoms with Crippen LogP contribution in [-0.4, -0.2) is 22.9 Å². The van der Waals surface area contributed by atoms with Crippen LogP contribution in [0.3, 0.4) is 0 Å². The van der Waals surface area contributed by atoms with Crippen molar-refractivity contribution in [3.8, 4) is 5.75 Å². The van der Waals surface area contributed by atoms with Crippen LogP contribution in [0.15, 0.2) is 18.2 Å². The Morgan fingerprint density at radius 1 is 1.53 bits per heavy atom. The number of aromatic hydroxyl groups is 1. The Balaban J connectivity index is 2.64. The number of alkyl halides is 1. The lowest BCUT2D eigenvalue weighted by molar-refractivity contribution is 0.0949. The van der Waals surface area contributed by atoms with Crippen molar-refractivity contribution in [2.75, 3.05) is 6.54 Å². The summed E-state index contributed by atoms with van der Waals surface area (Å²) in [6.45, 7) is 4.19. The average Bonchev–Trinajstić information content (AvgIpc) is 2.25. The molecule has 5 heteroatoms. The summed E-state index contributed by atoms with van der Waals surface area (Å²) in [6, 6.07) is 3.25. The van der Waals surface area contributed by atoms with Gasteiger partial charge in [0.25, 0.3) is 5.91 Å². The van der Waals surface area contributed by atoms with Crippen molar-refractivity contribution in [3.05, 3.63) is 29.6 Å². The Labute approximate surface area is 105 Å². The number of phenolic OH excluding ortho intramolecular Hbond substituents is 1. The maximum atomic E-state index is 12.7. The Bertz CT molecular complexity index is 409. The summed E-state index contributed by atoms with van der Waals surface area (Å²) in [6.07, 6.45) is 0. The minimum Gasteiger partial charge on any atom is -0.507 e. The third-order valence-electron chi connectivity index (χ3n) is 2.39. The van der Waals surface area contributed by atoms with Crippen molar-refractivity contribution in [1.82, 2.24) is 5.32 Å². The van der Waals surface area contributed by atoms with Gasteiger partial charge in [-0.25, -0.2) is 4.39 Å². The number of benzene rings is 1. The van der Waals surface area contributed by atoms with E-state index >= 15 is 0 Å². The van der Waals surface area contributed by atoms with E-state index in [1.807, 2.05) is 13.8 Å². The number of carbonyl (C=O) groups is 1. The van der Waals surface area contributed by atoms with Gasteiger partial charge in [-0.15, -0.1) is 11.6 Å². The highest BCUT2D eigenvalue weighted by Crippen LogP contribution is 2.18. The molecule has 2 N–H and O–H groups in total. The van der Waals surface area contributed by atoms with Gasteiger partial charge in [0.1, 0.15) is 11.6 Å². The monoisotopic (exact) mass is 259 g/mol. The molecule has 0 aliphatic rings. The van der Waals surface area contributed by atoms with E-state index in [1.165, 1.54) is 6.07 Å². The molecule has 0 aromatic heterocycles. The van der Waals surface area contributed by atoms with Crippen molar-refractivity contribution < 1.29 is 14.3 Å². The summed E-state index contributed by atoms with van der Waals surface area (Å²) >= 11 is 5.98. The summed E-state index contributed by atoms with van der Waals surface area (Å²) in [4.78, 5) is 11.7. The molecular weight excluding hydrogens is 245 g/mol. The van der Waals surface area contributed by atoms with Gasteiger partial charge >= 0.3 is 0 Å². The standard InChI is InChI=1S/C12H15ClFNO2/c1-7(2)10(13)6-15-12(17)9-4-3-8(14)5-11(9)16/h3-5,7,10,16H,6H2,1-2H3,(H,15,17). The second kappa shape index (κ2) is 5.87.